The molecule has 0 radical (unpaired) electrons. The highest BCUT2D eigenvalue weighted by molar-refractivity contribution is 8.48. The number of rotatable bonds is 4. The van der Waals surface area contributed by atoms with E-state index in [1.165, 1.54) is 12.1 Å². The highest BCUT2D eigenvalue weighted by Crippen LogP contribution is 2.10. The van der Waals surface area contributed by atoms with Gasteiger partial charge in [-0.05, 0) is 17.6 Å². The molecular formula is C10H16BNO4S2. The number of hydrogen-bond acceptors (Lipinski definition) is 5. The lowest BCUT2D eigenvalue weighted by atomic mass is 9.92. The molecule has 100 valence electrons. The van der Waals surface area contributed by atoms with E-state index < -0.39 is 24.6 Å². The number of nitrogens with zero attached hydrogens (tertiary/aromatic N) is 1. The van der Waals surface area contributed by atoms with Gasteiger partial charge in [0.25, 0.3) is 0 Å². The Kier molecular flexibility index (Phi) is 4.12. The summed E-state index contributed by atoms with van der Waals surface area (Å²) < 4.78 is 46.4. The van der Waals surface area contributed by atoms with E-state index in [-0.39, 0.29) is 5.46 Å². The van der Waals surface area contributed by atoms with Gasteiger partial charge in [0, 0.05) is 32.3 Å². The largest absolute Gasteiger partial charge is 0.462 e. The van der Waals surface area contributed by atoms with Gasteiger partial charge in [-0.1, -0.05) is 12.1 Å². The molecule has 0 fully saturated rings. The molecule has 0 amide bonds. The highest BCUT2D eigenvalue weighted by atomic mass is 32.3. The van der Waals surface area contributed by atoms with Gasteiger partial charge in [0.1, 0.15) is 19.4 Å². The van der Waals surface area contributed by atoms with Crippen molar-refractivity contribution in [3.63, 3.8) is 0 Å². The molecule has 0 atom stereocenters. The molecule has 0 aliphatic rings. The van der Waals surface area contributed by atoms with Crippen LogP contribution in [0.1, 0.15) is 0 Å². The summed E-state index contributed by atoms with van der Waals surface area (Å²) in [6.07, 6.45) is 1.86. The Morgan fingerprint density at radius 3 is 1.56 bits per heavy atom. The zero-order valence-corrected chi connectivity index (χ0v) is 12.4. The fraction of sp³-hybridized carbons (Fsp3) is 0.400. The van der Waals surface area contributed by atoms with Gasteiger partial charge in [0.15, 0.2) is 0 Å². The third kappa shape index (κ3) is 3.49. The lowest BCUT2D eigenvalue weighted by molar-refractivity contribution is 0.610. The fourth-order valence-corrected chi connectivity index (χ4v) is 5.58. The minimum atomic E-state index is -3.71. The van der Waals surface area contributed by atoms with E-state index in [4.69, 9.17) is 0 Å². The first kappa shape index (κ1) is 15.0. The van der Waals surface area contributed by atoms with Crippen molar-refractivity contribution in [1.29, 1.82) is 0 Å². The van der Waals surface area contributed by atoms with E-state index in [2.05, 4.69) is 0 Å². The van der Waals surface area contributed by atoms with Gasteiger partial charge >= 0.3 is 5.27 Å². The van der Waals surface area contributed by atoms with Crippen molar-refractivity contribution in [2.45, 2.75) is 0 Å². The smallest absolute Gasteiger partial charge is 0.378 e. The van der Waals surface area contributed by atoms with Gasteiger partial charge < -0.3 is 4.90 Å². The van der Waals surface area contributed by atoms with Crippen molar-refractivity contribution in [2.75, 3.05) is 31.5 Å². The summed E-state index contributed by atoms with van der Waals surface area (Å²) >= 11 is 0. The molecule has 0 heterocycles. The van der Waals surface area contributed by atoms with E-state index in [1.807, 2.05) is 19.0 Å². The zero-order valence-electron chi connectivity index (χ0n) is 10.8. The van der Waals surface area contributed by atoms with Crippen molar-refractivity contribution in [1.82, 2.24) is 0 Å². The zero-order chi connectivity index (χ0) is 14.1. The number of hydrogen-bond donors (Lipinski definition) is 0. The van der Waals surface area contributed by atoms with Crippen LogP contribution in [0.15, 0.2) is 24.3 Å². The summed E-state index contributed by atoms with van der Waals surface area (Å²) in [4.78, 5) is 1.85. The molecule has 0 aliphatic carbocycles. The first-order chi connectivity index (χ1) is 8.03. The van der Waals surface area contributed by atoms with Crippen molar-refractivity contribution >= 4 is 35.8 Å². The van der Waals surface area contributed by atoms with Gasteiger partial charge in [0.05, 0.1) is 0 Å². The van der Waals surface area contributed by atoms with E-state index in [9.17, 15) is 16.8 Å². The predicted octanol–water partition coefficient (Wildman–Crippen LogP) is -0.463. The molecule has 8 heteroatoms. The van der Waals surface area contributed by atoms with Crippen molar-refractivity contribution < 1.29 is 16.8 Å². The average molecular weight is 289 g/mol. The van der Waals surface area contributed by atoms with Crippen LogP contribution in [0, 0.1) is 0 Å². The second-order valence-corrected chi connectivity index (χ2v) is 9.04. The molecule has 0 saturated carbocycles. The summed E-state index contributed by atoms with van der Waals surface area (Å²) in [7, 11) is -3.73. The maximum atomic E-state index is 11.6. The van der Waals surface area contributed by atoms with E-state index in [0.29, 0.717) is 0 Å². The van der Waals surface area contributed by atoms with Crippen LogP contribution >= 0.6 is 0 Å². The molecular weight excluding hydrogens is 273 g/mol. The maximum absolute atomic E-state index is 11.6. The standard InChI is InChI=1S/C10H16BNO4S2/c1-12(2)10-7-5-9(6-8-10)11(17(3,13)14)18(4,15)16/h5-8H,1-4H3. The van der Waals surface area contributed by atoms with Crippen LogP contribution in [0.5, 0.6) is 0 Å². The molecule has 0 saturated heterocycles. The third-order valence-corrected chi connectivity index (χ3v) is 6.66. The molecule has 0 unspecified atom stereocenters. The Labute approximate surface area is 109 Å². The summed E-state index contributed by atoms with van der Waals surface area (Å²) in [5.41, 5.74) is 1.14. The van der Waals surface area contributed by atoms with Gasteiger partial charge in [0.2, 0.25) is 0 Å². The first-order valence-electron chi connectivity index (χ1n) is 5.18. The fourth-order valence-electron chi connectivity index (χ4n) is 1.74. The summed E-state index contributed by atoms with van der Waals surface area (Å²) in [6.45, 7) is 0. The number of anilines is 1. The molecule has 5 nitrogen and oxygen atoms in total. The monoisotopic (exact) mass is 289 g/mol. The van der Waals surface area contributed by atoms with Crippen molar-refractivity contribution in [3.05, 3.63) is 24.3 Å². The lowest BCUT2D eigenvalue weighted by Gasteiger charge is -2.14. The minimum absolute atomic E-state index is 0.269. The van der Waals surface area contributed by atoms with Gasteiger partial charge in [-0.2, -0.15) is 0 Å². The van der Waals surface area contributed by atoms with Crippen LogP contribution < -0.4 is 10.4 Å². The Balaban J connectivity index is 3.33. The molecule has 1 aromatic rings. The molecule has 0 N–H and O–H groups in total. The third-order valence-electron chi connectivity index (χ3n) is 2.46. The molecule has 0 aromatic heterocycles. The first-order valence-corrected chi connectivity index (χ1v) is 9.09. The molecule has 0 aliphatic heterocycles. The predicted molar refractivity (Wildman–Crippen MR) is 75.8 cm³/mol. The Hall–Kier alpha value is -1.02. The Morgan fingerprint density at radius 2 is 1.28 bits per heavy atom. The van der Waals surface area contributed by atoms with E-state index >= 15 is 0 Å². The van der Waals surface area contributed by atoms with Crippen LogP contribution in [0.2, 0.25) is 0 Å². The average Bonchev–Trinajstić information content (AvgIpc) is 2.13. The highest BCUT2D eigenvalue weighted by Gasteiger charge is 2.40. The van der Waals surface area contributed by atoms with Crippen molar-refractivity contribution in [3.8, 4) is 0 Å². The summed E-state index contributed by atoms with van der Waals surface area (Å²) in [6, 6.07) is 6.45. The van der Waals surface area contributed by atoms with Crippen LogP contribution in [0.4, 0.5) is 5.69 Å². The van der Waals surface area contributed by atoms with Gasteiger partial charge in [-0.3, -0.25) is 0 Å². The number of benzene rings is 1. The summed E-state index contributed by atoms with van der Waals surface area (Å²) in [5, 5.41) is -1.50. The minimum Gasteiger partial charge on any atom is -0.378 e. The van der Waals surface area contributed by atoms with Gasteiger partial charge in [-0.15, -0.1) is 0 Å². The molecule has 18 heavy (non-hydrogen) atoms. The second-order valence-electron chi connectivity index (χ2n) is 4.48. The van der Waals surface area contributed by atoms with Crippen LogP contribution in [0.3, 0.4) is 0 Å². The molecule has 1 rings (SSSR count). The van der Waals surface area contributed by atoms with E-state index in [1.54, 1.807) is 12.1 Å². The normalized spacial score (nSPS) is 12.2. The Bertz CT molecular complexity index is 588. The van der Waals surface area contributed by atoms with Crippen LogP contribution in [-0.4, -0.2) is 48.7 Å². The van der Waals surface area contributed by atoms with Crippen LogP contribution in [0.25, 0.3) is 0 Å². The quantitative estimate of drug-likeness (QED) is 0.701. The molecule has 1 aromatic carbocycles. The Morgan fingerprint density at radius 1 is 0.889 bits per heavy atom. The molecule has 0 spiro atoms. The van der Waals surface area contributed by atoms with E-state index in [0.717, 1.165) is 18.2 Å². The van der Waals surface area contributed by atoms with Crippen molar-refractivity contribution in [2.24, 2.45) is 0 Å². The lowest BCUT2D eigenvalue weighted by Crippen LogP contribution is -2.45. The second kappa shape index (κ2) is 4.93. The maximum Gasteiger partial charge on any atom is 0.462 e. The molecule has 0 bridgehead atoms. The SMILES string of the molecule is CN(C)c1ccc(B(S(C)(=O)=O)S(C)(=O)=O)cc1. The summed E-state index contributed by atoms with van der Waals surface area (Å²) in [5.74, 6) is 0. The van der Waals surface area contributed by atoms with Gasteiger partial charge in [-0.25, -0.2) is 16.8 Å². The van der Waals surface area contributed by atoms with Crippen LogP contribution in [-0.2, 0) is 19.4 Å². The topological polar surface area (TPSA) is 71.5 Å².